The second-order valence-electron chi connectivity index (χ2n) is 3.87. The first-order chi connectivity index (χ1) is 9.00. The number of aliphatic carboxylic acids is 1. The van der Waals surface area contributed by atoms with Crippen molar-refractivity contribution in [1.29, 1.82) is 0 Å². The van der Waals surface area contributed by atoms with Crippen LogP contribution in [0.2, 0.25) is 0 Å². The molecule has 0 aliphatic carbocycles. The number of benzene rings is 1. The Bertz CT molecular complexity index is 547. The van der Waals surface area contributed by atoms with Crippen molar-refractivity contribution < 1.29 is 27.9 Å². The highest BCUT2D eigenvalue weighted by Crippen LogP contribution is 2.22. The summed E-state index contributed by atoms with van der Waals surface area (Å²) < 4.78 is 30.0. The van der Waals surface area contributed by atoms with E-state index in [0.29, 0.717) is 25.3 Å². The molecule has 0 bridgehead atoms. The van der Waals surface area contributed by atoms with Gasteiger partial charge in [0.25, 0.3) is 10.0 Å². The van der Waals surface area contributed by atoms with Crippen molar-refractivity contribution >= 4 is 16.0 Å². The summed E-state index contributed by atoms with van der Waals surface area (Å²) in [5, 5.41) is 8.46. The van der Waals surface area contributed by atoms with Crippen LogP contribution in [0.1, 0.15) is 6.42 Å². The summed E-state index contributed by atoms with van der Waals surface area (Å²) in [6.45, 7) is 0.250. The van der Waals surface area contributed by atoms with Crippen LogP contribution >= 0.6 is 0 Å². The van der Waals surface area contributed by atoms with Crippen molar-refractivity contribution in [3.63, 3.8) is 0 Å². The Morgan fingerprint density at radius 3 is 2.58 bits per heavy atom. The van der Waals surface area contributed by atoms with Crippen LogP contribution in [0.25, 0.3) is 0 Å². The Morgan fingerprint density at radius 2 is 2.05 bits per heavy atom. The van der Waals surface area contributed by atoms with Crippen LogP contribution in [-0.4, -0.2) is 43.7 Å². The van der Waals surface area contributed by atoms with Gasteiger partial charge in [-0.15, -0.1) is 0 Å². The molecule has 0 aromatic heterocycles. The summed E-state index contributed by atoms with van der Waals surface area (Å²) in [5.74, 6) is -0.800. The Morgan fingerprint density at radius 1 is 1.37 bits per heavy atom. The highest BCUT2D eigenvalue weighted by Gasteiger charge is 2.28. The topological polar surface area (TPSA) is 93.1 Å². The lowest BCUT2D eigenvalue weighted by atomic mass is 10.3. The quantitative estimate of drug-likeness (QED) is 0.846. The van der Waals surface area contributed by atoms with Crippen molar-refractivity contribution in [3.8, 4) is 5.75 Å². The highest BCUT2D eigenvalue weighted by molar-refractivity contribution is 7.89. The molecule has 7 nitrogen and oxygen atoms in total. The number of rotatable bonds is 5. The van der Waals surface area contributed by atoms with Crippen molar-refractivity contribution in [1.82, 2.24) is 4.47 Å². The molecule has 0 atom stereocenters. The van der Waals surface area contributed by atoms with Gasteiger partial charge in [0, 0.05) is 6.54 Å². The smallest absolute Gasteiger partial charge is 0.341 e. The first-order valence-electron chi connectivity index (χ1n) is 5.60. The third kappa shape index (κ3) is 3.22. The van der Waals surface area contributed by atoms with E-state index in [2.05, 4.69) is 0 Å². The molecule has 1 aromatic carbocycles. The monoisotopic (exact) mass is 287 g/mol. The van der Waals surface area contributed by atoms with E-state index < -0.39 is 22.6 Å². The Kier molecular flexibility index (Phi) is 4.03. The minimum atomic E-state index is -3.65. The maximum Gasteiger partial charge on any atom is 0.341 e. The molecule has 0 radical (unpaired) electrons. The Balaban J connectivity index is 2.11. The summed E-state index contributed by atoms with van der Waals surface area (Å²) in [4.78, 5) is 15.4. The number of carboxylic acids is 1. The van der Waals surface area contributed by atoms with Gasteiger partial charge < -0.3 is 9.84 Å². The third-order valence-corrected chi connectivity index (χ3v) is 4.16. The molecule has 1 aliphatic rings. The molecule has 104 valence electrons. The number of nitrogens with zero attached hydrogens (tertiary/aromatic N) is 1. The molecular formula is C11H13NO6S. The minimum Gasteiger partial charge on any atom is -0.482 e. The van der Waals surface area contributed by atoms with Gasteiger partial charge in [0.05, 0.1) is 11.5 Å². The van der Waals surface area contributed by atoms with E-state index in [0.717, 1.165) is 4.47 Å². The van der Waals surface area contributed by atoms with Gasteiger partial charge in [-0.3, -0.25) is 4.84 Å². The van der Waals surface area contributed by atoms with E-state index in [1.807, 2.05) is 0 Å². The number of sulfonamides is 1. The maximum atomic E-state index is 12.1. The largest absolute Gasteiger partial charge is 0.482 e. The van der Waals surface area contributed by atoms with Crippen LogP contribution in [0.4, 0.5) is 0 Å². The number of carboxylic acid groups (broad SMARTS) is 1. The Labute approximate surface area is 110 Å². The fraction of sp³-hybridized carbons (Fsp3) is 0.364. The molecule has 2 rings (SSSR count). The van der Waals surface area contributed by atoms with Gasteiger partial charge in [0.15, 0.2) is 6.61 Å². The van der Waals surface area contributed by atoms with Crippen LogP contribution in [0.15, 0.2) is 29.2 Å². The van der Waals surface area contributed by atoms with Crippen LogP contribution in [0.5, 0.6) is 5.75 Å². The van der Waals surface area contributed by atoms with E-state index in [1.165, 1.54) is 24.3 Å². The lowest BCUT2D eigenvalue weighted by Crippen LogP contribution is -2.26. The molecule has 1 heterocycles. The summed E-state index contributed by atoms with van der Waals surface area (Å²) in [7, 11) is -3.65. The second kappa shape index (κ2) is 5.55. The fourth-order valence-corrected chi connectivity index (χ4v) is 2.88. The number of hydrogen-bond acceptors (Lipinski definition) is 5. The van der Waals surface area contributed by atoms with Gasteiger partial charge in [-0.1, -0.05) is 4.47 Å². The summed E-state index contributed by atoms with van der Waals surface area (Å²) in [6, 6.07) is 5.53. The average molecular weight is 287 g/mol. The molecule has 0 unspecified atom stereocenters. The predicted octanol–water partition coefficient (Wildman–Crippen LogP) is 0.476. The summed E-state index contributed by atoms with van der Waals surface area (Å²) in [5.41, 5.74) is 0. The average Bonchev–Trinajstić information content (AvgIpc) is 2.91. The van der Waals surface area contributed by atoms with E-state index in [-0.39, 0.29) is 4.90 Å². The van der Waals surface area contributed by atoms with E-state index in [9.17, 15) is 13.2 Å². The van der Waals surface area contributed by atoms with Crippen LogP contribution in [0, 0.1) is 0 Å². The molecule has 0 saturated carbocycles. The molecule has 19 heavy (non-hydrogen) atoms. The van der Waals surface area contributed by atoms with Crippen molar-refractivity contribution in [3.05, 3.63) is 24.3 Å². The zero-order chi connectivity index (χ0) is 13.9. The zero-order valence-electron chi connectivity index (χ0n) is 9.98. The number of hydrogen-bond donors (Lipinski definition) is 1. The molecule has 8 heteroatoms. The first kappa shape index (κ1) is 13.8. The SMILES string of the molecule is O=C(O)COc1ccc(S(=O)(=O)N2CCCO2)cc1. The van der Waals surface area contributed by atoms with Gasteiger partial charge >= 0.3 is 5.97 Å². The van der Waals surface area contributed by atoms with Gasteiger partial charge in [0.1, 0.15) is 5.75 Å². The molecule has 0 amide bonds. The van der Waals surface area contributed by atoms with Crippen LogP contribution in [0.3, 0.4) is 0 Å². The molecule has 1 N–H and O–H groups in total. The second-order valence-corrected chi connectivity index (χ2v) is 5.70. The predicted molar refractivity (Wildman–Crippen MR) is 64.0 cm³/mol. The van der Waals surface area contributed by atoms with Crippen molar-refractivity contribution in [2.75, 3.05) is 19.8 Å². The number of carbonyl (C=O) groups is 1. The number of ether oxygens (including phenoxy) is 1. The highest BCUT2D eigenvalue weighted by atomic mass is 32.2. The molecular weight excluding hydrogens is 274 g/mol. The van der Waals surface area contributed by atoms with Crippen molar-refractivity contribution in [2.45, 2.75) is 11.3 Å². The van der Waals surface area contributed by atoms with Gasteiger partial charge in [-0.05, 0) is 30.7 Å². The standard InChI is InChI=1S/C11H13NO6S/c13-11(14)8-17-9-2-4-10(5-3-9)19(15,16)12-6-1-7-18-12/h2-5H,1,6-8H2,(H,13,14). The minimum absolute atomic E-state index is 0.0806. The normalized spacial score (nSPS) is 16.4. The van der Waals surface area contributed by atoms with E-state index in [1.54, 1.807) is 0 Å². The van der Waals surface area contributed by atoms with E-state index >= 15 is 0 Å². The van der Waals surface area contributed by atoms with Crippen LogP contribution < -0.4 is 4.74 Å². The summed E-state index contributed by atoms with van der Waals surface area (Å²) in [6.07, 6.45) is 0.666. The molecule has 1 aromatic rings. The summed E-state index contributed by atoms with van der Waals surface area (Å²) >= 11 is 0. The molecule has 1 aliphatic heterocycles. The lowest BCUT2D eigenvalue weighted by Gasteiger charge is -2.14. The molecule has 0 spiro atoms. The Hall–Kier alpha value is -1.64. The molecule has 1 saturated heterocycles. The zero-order valence-corrected chi connectivity index (χ0v) is 10.8. The van der Waals surface area contributed by atoms with Crippen LogP contribution in [-0.2, 0) is 19.7 Å². The third-order valence-electron chi connectivity index (χ3n) is 2.47. The first-order valence-corrected chi connectivity index (χ1v) is 7.04. The van der Waals surface area contributed by atoms with Gasteiger partial charge in [0.2, 0.25) is 0 Å². The number of hydroxylamine groups is 1. The van der Waals surface area contributed by atoms with Gasteiger partial charge in [-0.25, -0.2) is 13.2 Å². The molecule has 1 fully saturated rings. The van der Waals surface area contributed by atoms with Crippen molar-refractivity contribution in [2.24, 2.45) is 0 Å². The van der Waals surface area contributed by atoms with Gasteiger partial charge in [-0.2, -0.15) is 0 Å². The lowest BCUT2D eigenvalue weighted by molar-refractivity contribution is -0.139. The van der Waals surface area contributed by atoms with E-state index in [4.69, 9.17) is 14.7 Å². The fourth-order valence-electron chi connectivity index (χ4n) is 1.58. The maximum absolute atomic E-state index is 12.1.